The second kappa shape index (κ2) is 14.2. The summed E-state index contributed by atoms with van der Waals surface area (Å²) in [7, 11) is -2.53. The molecule has 1 unspecified atom stereocenters. The first kappa shape index (κ1) is 26.3. The molecule has 0 radical (unpaired) electrons. The Morgan fingerprint density at radius 1 is 1.06 bits per heavy atom. The van der Waals surface area contributed by atoms with E-state index in [1.807, 2.05) is 12.1 Å². The molecular formula is C26H36FNO3PS+. The van der Waals surface area contributed by atoms with Gasteiger partial charge >= 0.3 is 8.25 Å². The molecule has 0 aliphatic heterocycles. The lowest BCUT2D eigenvalue weighted by atomic mass is 9.67. The SMILES string of the molecule is O=[P+](O)OCCCNCc1ccc(SCCCCC2(c3ccccc3)CCCCC2)c(F)c1. The summed E-state index contributed by atoms with van der Waals surface area (Å²) in [6.07, 6.45) is 10.7. The quantitative estimate of drug-likeness (QED) is 0.167. The van der Waals surface area contributed by atoms with Gasteiger partial charge in [-0.05, 0) is 73.1 Å². The lowest BCUT2D eigenvalue weighted by molar-refractivity contribution is 0.268. The number of hydrogen-bond acceptors (Lipinski definition) is 4. The zero-order chi connectivity index (χ0) is 23.4. The van der Waals surface area contributed by atoms with Crippen molar-refractivity contribution in [3.8, 4) is 0 Å². The van der Waals surface area contributed by atoms with E-state index in [1.54, 1.807) is 17.8 Å². The summed E-state index contributed by atoms with van der Waals surface area (Å²) >= 11 is 1.61. The second-order valence-corrected chi connectivity index (χ2v) is 10.7. The third-order valence-corrected chi connectivity index (χ3v) is 8.07. The van der Waals surface area contributed by atoms with Crippen molar-refractivity contribution < 1.29 is 18.4 Å². The minimum Gasteiger partial charge on any atom is -0.313 e. The van der Waals surface area contributed by atoms with Crippen LogP contribution in [0.25, 0.3) is 0 Å². The number of unbranched alkanes of at least 4 members (excludes halogenated alkanes) is 1. The minimum absolute atomic E-state index is 0.159. The van der Waals surface area contributed by atoms with Crippen LogP contribution in [0.15, 0.2) is 53.4 Å². The summed E-state index contributed by atoms with van der Waals surface area (Å²) in [6, 6.07) is 16.5. The number of thioether (sulfide) groups is 1. The van der Waals surface area contributed by atoms with Crippen LogP contribution in [-0.2, 0) is 21.0 Å². The Morgan fingerprint density at radius 3 is 2.58 bits per heavy atom. The van der Waals surface area contributed by atoms with Crippen molar-refractivity contribution in [1.29, 1.82) is 0 Å². The molecule has 1 aliphatic carbocycles. The van der Waals surface area contributed by atoms with Crippen molar-refractivity contribution >= 4 is 20.0 Å². The Bertz CT molecular complexity index is 862. The molecule has 0 amide bonds. The molecule has 1 saturated carbocycles. The van der Waals surface area contributed by atoms with Crippen LogP contribution in [-0.4, -0.2) is 23.8 Å². The largest absolute Gasteiger partial charge is 0.694 e. The standard InChI is InChI=1S/C26H35FNO3PS/c27-24-20-22(21-28-17-9-18-31-32(29)30)12-13-25(24)33-19-8-7-16-26(14-5-2-6-15-26)23-10-3-1-4-11-23/h1,3-4,10-13,20,28H,2,5-9,14-19,21H2/p+1. The average molecular weight is 493 g/mol. The van der Waals surface area contributed by atoms with Crippen LogP contribution in [0.1, 0.15) is 68.9 Å². The fourth-order valence-corrected chi connectivity index (χ4v) is 6.01. The lowest BCUT2D eigenvalue weighted by Crippen LogP contribution is -2.29. The van der Waals surface area contributed by atoms with Crippen LogP contribution in [0.3, 0.4) is 0 Å². The van der Waals surface area contributed by atoms with E-state index in [0.29, 0.717) is 29.8 Å². The maximum atomic E-state index is 14.5. The van der Waals surface area contributed by atoms with Gasteiger partial charge in [0.25, 0.3) is 0 Å². The van der Waals surface area contributed by atoms with Gasteiger partial charge in [-0.15, -0.1) is 21.2 Å². The molecule has 180 valence electrons. The Balaban J connectivity index is 1.38. The van der Waals surface area contributed by atoms with E-state index in [4.69, 9.17) is 4.89 Å². The molecule has 33 heavy (non-hydrogen) atoms. The molecule has 0 heterocycles. The van der Waals surface area contributed by atoms with E-state index in [9.17, 15) is 8.96 Å². The molecule has 1 fully saturated rings. The molecule has 7 heteroatoms. The van der Waals surface area contributed by atoms with Crippen LogP contribution in [0.5, 0.6) is 0 Å². The summed E-state index contributed by atoms with van der Waals surface area (Å²) in [5.74, 6) is 0.778. The van der Waals surface area contributed by atoms with Crippen LogP contribution in [0.2, 0.25) is 0 Å². The molecule has 0 spiro atoms. The van der Waals surface area contributed by atoms with Gasteiger partial charge in [-0.25, -0.2) is 4.39 Å². The zero-order valence-corrected chi connectivity index (χ0v) is 21.0. The van der Waals surface area contributed by atoms with E-state index in [0.717, 1.165) is 17.7 Å². The van der Waals surface area contributed by atoms with E-state index >= 15 is 0 Å². The predicted octanol–water partition coefficient (Wildman–Crippen LogP) is 7.14. The highest BCUT2D eigenvalue weighted by Gasteiger charge is 2.32. The van der Waals surface area contributed by atoms with Crippen molar-refractivity contribution in [2.45, 2.75) is 74.6 Å². The van der Waals surface area contributed by atoms with E-state index in [2.05, 4.69) is 40.2 Å². The Kier molecular flexibility index (Phi) is 11.3. The number of hydrogen-bond donors (Lipinski definition) is 2. The lowest BCUT2D eigenvalue weighted by Gasteiger charge is -2.38. The third-order valence-electron chi connectivity index (χ3n) is 6.53. The number of benzene rings is 2. The van der Waals surface area contributed by atoms with Gasteiger partial charge in [0.2, 0.25) is 0 Å². The summed E-state index contributed by atoms with van der Waals surface area (Å²) in [4.78, 5) is 9.29. The number of rotatable bonds is 14. The monoisotopic (exact) mass is 492 g/mol. The Labute approximate surface area is 202 Å². The first-order valence-electron chi connectivity index (χ1n) is 12.1. The minimum atomic E-state index is -2.53. The van der Waals surface area contributed by atoms with Gasteiger partial charge < -0.3 is 5.32 Å². The molecule has 0 bridgehead atoms. The highest BCUT2D eigenvalue weighted by atomic mass is 32.2. The topological polar surface area (TPSA) is 58.6 Å². The van der Waals surface area contributed by atoms with E-state index in [-0.39, 0.29) is 12.4 Å². The molecular weight excluding hydrogens is 456 g/mol. The van der Waals surface area contributed by atoms with Crippen LogP contribution in [0.4, 0.5) is 4.39 Å². The van der Waals surface area contributed by atoms with Gasteiger partial charge in [-0.1, -0.05) is 62.1 Å². The van der Waals surface area contributed by atoms with Crippen LogP contribution in [0, 0.1) is 5.82 Å². The summed E-state index contributed by atoms with van der Waals surface area (Å²) < 4.78 is 29.6. The first-order chi connectivity index (χ1) is 16.1. The Morgan fingerprint density at radius 2 is 1.85 bits per heavy atom. The zero-order valence-electron chi connectivity index (χ0n) is 19.3. The maximum Gasteiger partial charge on any atom is 0.694 e. The summed E-state index contributed by atoms with van der Waals surface area (Å²) in [6.45, 7) is 1.44. The molecule has 3 rings (SSSR count). The smallest absolute Gasteiger partial charge is 0.313 e. The predicted molar refractivity (Wildman–Crippen MR) is 134 cm³/mol. The molecule has 1 aliphatic rings. The van der Waals surface area contributed by atoms with Gasteiger partial charge in [0.15, 0.2) is 0 Å². The molecule has 4 nitrogen and oxygen atoms in total. The molecule has 2 N–H and O–H groups in total. The van der Waals surface area contributed by atoms with Crippen molar-refractivity contribution in [2.24, 2.45) is 0 Å². The fourth-order valence-electron chi connectivity index (χ4n) is 4.79. The molecule has 0 saturated heterocycles. The normalized spacial score (nSPS) is 16.0. The highest BCUT2D eigenvalue weighted by Crippen LogP contribution is 2.43. The van der Waals surface area contributed by atoms with E-state index in [1.165, 1.54) is 50.5 Å². The van der Waals surface area contributed by atoms with Crippen LogP contribution >= 0.6 is 20.0 Å². The van der Waals surface area contributed by atoms with Crippen molar-refractivity contribution in [1.82, 2.24) is 5.32 Å². The average Bonchev–Trinajstić information content (AvgIpc) is 2.83. The first-order valence-corrected chi connectivity index (χ1v) is 14.2. The van der Waals surface area contributed by atoms with Crippen molar-refractivity contribution in [3.05, 3.63) is 65.5 Å². The van der Waals surface area contributed by atoms with Gasteiger partial charge in [-0.3, -0.25) is 0 Å². The van der Waals surface area contributed by atoms with Crippen molar-refractivity contribution in [3.63, 3.8) is 0 Å². The molecule has 2 aromatic carbocycles. The van der Waals surface area contributed by atoms with E-state index < -0.39 is 8.25 Å². The maximum absolute atomic E-state index is 14.5. The number of nitrogens with one attached hydrogen (secondary N) is 1. The summed E-state index contributed by atoms with van der Waals surface area (Å²) in [5, 5.41) is 3.20. The number of halogens is 1. The molecule has 2 aromatic rings. The van der Waals surface area contributed by atoms with Crippen LogP contribution < -0.4 is 5.32 Å². The molecule has 1 atom stereocenters. The van der Waals surface area contributed by atoms with Gasteiger partial charge in [0.1, 0.15) is 12.4 Å². The highest BCUT2D eigenvalue weighted by molar-refractivity contribution is 7.99. The van der Waals surface area contributed by atoms with Gasteiger partial charge in [-0.2, -0.15) is 0 Å². The van der Waals surface area contributed by atoms with Gasteiger partial charge in [0.05, 0.1) is 0 Å². The third kappa shape index (κ3) is 8.77. The Hall–Kier alpha value is -1.30. The summed E-state index contributed by atoms with van der Waals surface area (Å²) in [5.41, 5.74) is 2.74. The van der Waals surface area contributed by atoms with Gasteiger partial charge in [0, 0.05) is 16.0 Å². The fraction of sp³-hybridized carbons (Fsp3) is 0.538. The molecule has 0 aromatic heterocycles. The second-order valence-electron chi connectivity index (χ2n) is 8.88. The van der Waals surface area contributed by atoms with Crippen molar-refractivity contribution in [2.75, 3.05) is 18.9 Å².